The van der Waals surface area contributed by atoms with E-state index in [1.165, 1.54) is 16.7 Å². The predicted octanol–water partition coefficient (Wildman–Crippen LogP) is 2.20. The predicted molar refractivity (Wildman–Crippen MR) is 111 cm³/mol. The van der Waals surface area contributed by atoms with E-state index < -0.39 is 12.5 Å². The van der Waals surface area contributed by atoms with Gasteiger partial charge in [-0.3, -0.25) is 9.91 Å². The Morgan fingerprint density at radius 1 is 1.45 bits per heavy atom. The van der Waals surface area contributed by atoms with Crippen LogP contribution in [0.4, 0.5) is 26.1 Å². The summed E-state index contributed by atoms with van der Waals surface area (Å²) in [4.78, 5) is 9.14. The molecule has 0 amide bonds. The Hall–Kier alpha value is -1.88. The van der Waals surface area contributed by atoms with Gasteiger partial charge in [-0.25, -0.2) is 19.2 Å². The Morgan fingerprint density at radius 2 is 2.21 bits per heavy atom. The van der Waals surface area contributed by atoms with E-state index in [0.717, 1.165) is 5.56 Å². The molecule has 1 fully saturated rings. The number of anilines is 3. The molecule has 3 rings (SSSR count). The number of alkyl halides is 2. The molecule has 0 bridgehead atoms. The van der Waals surface area contributed by atoms with Crippen LogP contribution in [0, 0.1) is 0 Å². The van der Waals surface area contributed by atoms with E-state index in [1.807, 2.05) is 18.2 Å². The van der Waals surface area contributed by atoms with Crippen molar-refractivity contribution in [3.05, 3.63) is 34.9 Å². The van der Waals surface area contributed by atoms with E-state index in [9.17, 15) is 8.78 Å². The van der Waals surface area contributed by atoms with Gasteiger partial charge in [-0.05, 0) is 11.6 Å². The van der Waals surface area contributed by atoms with E-state index in [2.05, 4.69) is 15.4 Å². The lowest BCUT2D eigenvalue weighted by atomic mass is 10.2. The van der Waals surface area contributed by atoms with E-state index in [-0.39, 0.29) is 25.3 Å². The highest BCUT2D eigenvalue weighted by Crippen LogP contribution is 2.35. The van der Waals surface area contributed by atoms with Crippen LogP contribution in [-0.2, 0) is 6.54 Å². The van der Waals surface area contributed by atoms with Crippen LogP contribution < -0.4 is 26.1 Å². The summed E-state index contributed by atoms with van der Waals surface area (Å²) in [6.45, 7) is 0.111. The zero-order valence-electron chi connectivity index (χ0n) is 16.0. The Bertz CT molecular complexity index is 859. The number of aromatic nitrogens is 2. The summed E-state index contributed by atoms with van der Waals surface area (Å²) in [7, 11) is 1.72. The van der Waals surface area contributed by atoms with Crippen molar-refractivity contribution in [3.63, 3.8) is 0 Å². The molecule has 0 unspecified atom stereocenters. The molecule has 7 nitrogen and oxygen atoms in total. The molecule has 1 aromatic carbocycles. The fourth-order valence-corrected chi connectivity index (χ4v) is 3.91. The van der Waals surface area contributed by atoms with Gasteiger partial charge in [-0.2, -0.15) is 0 Å². The summed E-state index contributed by atoms with van der Waals surface area (Å²) in [5.41, 5.74) is 10.5. The van der Waals surface area contributed by atoms with Crippen LogP contribution in [0.15, 0.2) is 29.4 Å². The molecule has 1 aliphatic heterocycles. The van der Waals surface area contributed by atoms with Gasteiger partial charge in [-0.1, -0.05) is 46.5 Å². The minimum absolute atomic E-state index is 0.0353. The molecule has 0 saturated carbocycles. The monoisotopic (exact) mass is 445 g/mol. The molecular formula is C18H24ClF2N6OS+. The zero-order valence-corrected chi connectivity index (χ0v) is 17.5. The SMILES string of the molecule is CNN(Cc1ccccc1Cl)c1nc(SCCO)[nH+]c(N2CCC(F)(F)C2)c1N. The molecular weight excluding hydrogens is 422 g/mol. The summed E-state index contributed by atoms with van der Waals surface area (Å²) in [5, 5.41) is 11.9. The maximum Gasteiger partial charge on any atom is 0.298 e. The van der Waals surface area contributed by atoms with Crippen LogP contribution >= 0.6 is 23.4 Å². The Morgan fingerprint density at radius 3 is 2.83 bits per heavy atom. The van der Waals surface area contributed by atoms with Gasteiger partial charge < -0.3 is 10.8 Å². The zero-order chi connectivity index (χ0) is 21.0. The van der Waals surface area contributed by atoms with Crippen molar-refractivity contribution in [2.24, 2.45) is 0 Å². The van der Waals surface area contributed by atoms with Gasteiger partial charge in [0.1, 0.15) is 6.54 Å². The number of hydrogen-bond acceptors (Lipinski definition) is 7. The molecule has 1 aromatic heterocycles. The normalized spacial score (nSPS) is 15.7. The third kappa shape index (κ3) is 5.19. The van der Waals surface area contributed by atoms with Crippen molar-refractivity contribution >= 4 is 40.7 Å². The van der Waals surface area contributed by atoms with Crippen molar-refractivity contribution < 1.29 is 18.9 Å². The van der Waals surface area contributed by atoms with Crippen molar-refractivity contribution in [3.8, 4) is 0 Å². The highest BCUT2D eigenvalue weighted by Gasteiger charge is 2.43. The van der Waals surface area contributed by atoms with Gasteiger partial charge in [-0.15, -0.1) is 0 Å². The Labute approximate surface area is 177 Å². The lowest BCUT2D eigenvalue weighted by Crippen LogP contribution is -2.38. The highest BCUT2D eigenvalue weighted by molar-refractivity contribution is 7.99. The Balaban J connectivity index is 1.99. The summed E-state index contributed by atoms with van der Waals surface area (Å²) in [6, 6.07) is 7.40. The standard InChI is InChI=1S/C18H23ClF2N6OS/c1-23-27(10-12-4-2-3-5-13(12)19)16-14(22)15(24-17(25-16)29-9-8-28)26-7-6-18(20,21)11-26/h2-5,23,28H,6-11,22H2,1H3/p+1. The van der Waals surface area contributed by atoms with Crippen LogP contribution in [0.1, 0.15) is 12.0 Å². The third-order valence-electron chi connectivity index (χ3n) is 4.56. The molecule has 2 heterocycles. The second-order valence-electron chi connectivity index (χ2n) is 6.63. The fraction of sp³-hybridized carbons (Fsp3) is 0.444. The van der Waals surface area contributed by atoms with Gasteiger partial charge in [0.25, 0.3) is 22.7 Å². The number of hydrogen-bond donors (Lipinski definition) is 3. The van der Waals surface area contributed by atoms with E-state index in [4.69, 9.17) is 22.4 Å². The van der Waals surface area contributed by atoms with Gasteiger partial charge in [0.2, 0.25) is 0 Å². The highest BCUT2D eigenvalue weighted by atomic mass is 35.5. The van der Waals surface area contributed by atoms with Crippen LogP contribution in [0.25, 0.3) is 0 Å². The average molecular weight is 446 g/mol. The molecule has 0 atom stereocenters. The summed E-state index contributed by atoms with van der Waals surface area (Å²) >= 11 is 7.57. The number of H-pyrrole nitrogens is 1. The van der Waals surface area contributed by atoms with E-state index >= 15 is 0 Å². The first kappa shape index (κ1) is 21.8. The van der Waals surface area contributed by atoms with Gasteiger partial charge in [0, 0.05) is 24.2 Å². The number of nitrogens with zero attached hydrogens (tertiary/aromatic N) is 3. The first-order valence-corrected chi connectivity index (χ1v) is 10.5. The van der Waals surface area contributed by atoms with Crippen molar-refractivity contribution in [2.45, 2.75) is 24.0 Å². The van der Waals surface area contributed by atoms with E-state index in [1.54, 1.807) is 18.1 Å². The fourth-order valence-electron chi connectivity index (χ4n) is 3.11. The quantitative estimate of drug-likeness (QED) is 0.326. The second-order valence-corrected chi connectivity index (χ2v) is 8.12. The maximum absolute atomic E-state index is 13.8. The number of aromatic amines is 1. The number of hydrazine groups is 1. The number of aliphatic hydroxyl groups is 1. The third-order valence-corrected chi connectivity index (χ3v) is 5.78. The first-order chi connectivity index (χ1) is 13.8. The number of halogens is 3. The molecule has 0 radical (unpaired) electrons. The van der Waals surface area contributed by atoms with Gasteiger partial charge in [0.15, 0.2) is 5.69 Å². The van der Waals surface area contributed by atoms with Gasteiger partial charge >= 0.3 is 0 Å². The summed E-state index contributed by atoms with van der Waals surface area (Å²) in [6.07, 6.45) is -0.230. The number of nitrogens with two attached hydrogens (primary N) is 1. The van der Waals surface area contributed by atoms with Crippen molar-refractivity contribution in [1.82, 2.24) is 10.4 Å². The van der Waals surface area contributed by atoms with Gasteiger partial charge in [0.05, 0.1) is 19.7 Å². The smallest absolute Gasteiger partial charge is 0.298 e. The molecule has 158 valence electrons. The number of thioether (sulfide) groups is 1. The second kappa shape index (κ2) is 9.29. The van der Waals surface area contributed by atoms with Crippen LogP contribution in [0.3, 0.4) is 0 Å². The van der Waals surface area contributed by atoms with E-state index in [0.29, 0.717) is 34.1 Å². The molecule has 2 aromatic rings. The van der Waals surface area contributed by atoms with Crippen LogP contribution in [0.2, 0.25) is 5.02 Å². The Kier molecular flexibility index (Phi) is 6.99. The molecule has 5 N–H and O–H groups in total. The van der Waals surface area contributed by atoms with Crippen molar-refractivity contribution in [2.75, 3.05) is 48.1 Å². The maximum atomic E-state index is 13.8. The minimum atomic E-state index is -2.76. The molecule has 1 saturated heterocycles. The number of nitrogens with one attached hydrogen (secondary N) is 2. The number of benzene rings is 1. The lowest BCUT2D eigenvalue weighted by Gasteiger charge is -2.24. The summed E-state index contributed by atoms with van der Waals surface area (Å²) < 4.78 is 27.6. The average Bonchev–Trinajstić information content (AvgIpc) is 3.06. The topological polar surface area (TPSA) is 91.8 Å². The van der Waals surface area contributed by atoms with Crippen LogP contribution in [-0.4, -0.2) is 48.5 Å². The van der Waals surface area contributed by atoms with Crippen molar-refractivity contribution in [1.29, 1.82) is 0 Å². The largest absolute Gasteiger partial charge is 0.396 e. The van der Waals surface area contributed by atoms with Crippen LogP contribution in [0.5, 0.6) is 0 Å². The molecule has 1 aliphatic rings. The molecule has 0 aliphatic carbocycles. The molecule has 0 spiro atoms. The number of nitrogen functional groups attached to an aromatic ring is 1. The number of rotatable bonds is 8. The minimum Gasteiger partial charge on any atom is -0.396 e. The number of aliphatic hydroxyl groups excluding tert-OH is 1. The molecule has 29 heavy (non-hydrogen) atoms. The lowest BCUT2D eigenvalue weighted by molar-refractivity contribution is -0.419. The first-order valence-electron chi connectivity index (χ1n) is 9.12. The molecule has 11 heteroatoms. The summed E-state index contributed by atoms with van der Waals surface area (Å²) in [5.74, 6) is -1.56.